The van der Waals surface area contributed by atoms with Gasteiger partial charge in [-0.15, -0.1) is 0 Å². The molecule has 0 saturated carbocycles. The maximum atomic E-state index is 12.3. The monoisotopic (exact) mass is 371 g/mol. The van der Waals surface area contributed by atoms with Crippen molar-refractivity contribution >= 4 is 29.2 Å². The van der Waals surface area contributed by atoms with E-state index in [0.29, 0.717) is 18.1 Å². The zero-order chi connectivity index (χ0) is 18.4. The number of carbonyl (C=O) groups is 2. The smallest absolute Gasteiger partial charge is 0.321 e. The van der Waals surface area contributed by atoms with Gasteiger partial charge < -0.3 is 15.5 Å². The lowest BCUT2D eigenvalue weighted by atomic mass is 10.0. The normalized spacial score (nSPS) is 14.7. The van der Waals surface area contributed by atoms with Crippen molar-refractivity contribution in [3.05, 3.63) is 65.2 Å². The minimum atomic E-state index is -0.1000. The molecule has 26 heavy (non-hydrogen) atoms. The van der Waals surface area contributed by atoms with Crippen LogP contribution < -0.4 is 10.6 Å². The Balaban J connectivity index is 1.44. The van der Waals surface area contributed by atoms with Gasteiger partial charge in [0.2, 0.25) is 5.91 Å². The van der Waals surface area contributed by atoms with Crippen LogP contribution in [-0.4, -0.2) is 36.0 Å². The molecule has 5 nitrogen and oxygen atoms in total. The van der Waals surface area contributed by atoms with Gasteiger partial charge in [0.05, 0.1) is 6.42 Å². The molecule has 0 unspecified atom stereocenters. The van der Waals surface area contributed by atoms with Crippen molar-refractivity contribution in [2.75, 3.05) is 18.4 Å². The molecular formula is C20H22ClN3O2. The van der Waals surface area contributed by atoms with Crippen molar-refractivity contribution in [1.29, 1.82) is 0 Å². The first-order valence-electron chi connectivity index (χ1n) is 8.75. The van der Waals surface area contributed by atoms with E-state index in [1.807, 2.05) is 48.5 Å². The number of rotatable bonds is 4. The summed E-state index contributed by atoms with van der Waals surface area (Å²) in [7, 11) is 0. The number of urea groups is 1. The molecule has 0 spiro atoms. The number of nitrogens with zero attached hydrogens (tertiary/aromatic N) is 1. The number of benzene rings is 2. The summed E-state index contributed by atoms with van der Waals surface area (Å²) in [4.78, 5) is 26.3. The number of hydrogen-bond donors (Lipinski definition) is 2. The van der Waals surface area contributed by atoms with Gasteiger partial charge in [-0.1, -0.05) is 48.0 Å². The summed E-state index contributed by atoms with van der Waals surface area (Å²) >= 11 is 6.10. The third-order valence-corrected chi connectivity index (χ3v) is 4.85. The zero-order valence-corrected chi connectivity index (χ0v) is 15.2. The molecule has 136 valence electrons. The van der Waals surface area contributed by atoms with Crippen LogP contribution in [0.15, 0.2) is 54.6 Å². The summed E-state index contributed by atoms with van der Waals surface area (Å²) in [6.45, 7) is 1.24. The lowest BCUT2D eigenvalue weighted by molar-refractivity contribution is -0.121. The second kappa shape index (κ2) is 8.72. The van der Waals surface area contributed by atoms with Crippen LogP contribution in [0, 0.1) is 0 Å². The molecule has 3 rings (SSSR count). The molecule has 1 aliphatic rings. The Morgan fingerprint density at radius 1 is 1.00 bits per heavy atom. The number of amides is 3. The van der Waals surface area contributed by atoms with Crippen molar-refractivity contribution < 1.29 is 9.59 Å². The number of hydrogen-bond acceptors (Lipinski definition) is 2. The van der Waals surface area contributed by atoms with E-state index in [2.05, 4.69) is 10.6 Å². The van der Waals surface area contributed by atoms with Crippen molar-refractivity contribution in [2.45, 2.75) is 25.3 Å². The van der Waals surface area contributed by atoms with E-state index in [-0.39, 0.29) is 24.4 Å². The van der Waals surface area contributed by atoms with Crippen molar-refractivity contribution in [1.82, 2.24) is 10.2 Å². The fourth-order valence-electron chi connectivity index (χ4n) is 3.04. The van der Waals surface area contributed by atoms with Crippen LogP contribution in [0.4, 0.5) is 10.5 Å². The van der Waals surface area contributed by atoms with Gasteiger partial charge in [-0.3, -0.25) is 4.79 Å². The minimum absolute atomic E-state index is 0.0368. The predicted octanol–water partition coefficient (Wildman–Crippen LogP) is 3.70. The van der Waals surface area contributed by atoms with Crippen molar-refractivity contribution in [2.24, 2.45) is 0 Å². The Morgan fingerprint density at radius 2 is 1.65 bits per heavy atom. The number of likely N-dealkylation sites (tertiary alicyclic amines) is 1. The highest BCUT2D eigenvalue weighted by Crippen LogP contribution is 2.17. The van der Waals surface area contributed by atoms with E-state index < -0.39 is 0 Å². The van der Waals surface area contributed by atoms with Gasteiger partial charge in [0.15, 0.2) is 0 Å². The highest BCUT2D eigenvalue weighted by atomic mass is 35.5. The molecule has 2 aromatic rings. The van der Waals surface area contributed by atoms with E-state index in [1.54, 1.807) is 11.0 Å². The fourth-order valence-corrected chi connectivity index (χ4v) is 3.25. The standard InChI is InChI=1S/C20H22ClN3O2/c21-18-9-5-4-6-15(18)14-19(25)22-17-10-12-24(13-11-17)20(26)23-16-7-2-1-3-8-16/h1-9,17H,10-14H2,(H,22,25)(H,23,26). The molecule has 0 bridgehead atoms. The van der Waals surface area contributed by atoms with Crippen LogP contribution in [0.25, 0.3) is 0 Å². The third kappa shape index (κ3) is 4.99. The Labute approximate surface area is 158 Å². The highest BCUT2D eigenvalue weighted by Gasteiger charge is 2.24. The second-order valence-electron chi connectivity index (χ2n) is 6.39. The fraction of sp³-hybridized carbons (Fsp3) is 0.300. The van der Waals surface area contributed by atoms with Gasteiger partial charge >= 0.3 is 6.03 Å². The number of piperidine rings is 1. The maximum Gasteiger partial charge on any atom is 0.321 e. The van der Waals surface area contributed by atoms with E-state index in [4.69, 9.17) is 11.6 Å². The van der Waals surface area contributed by atoms with Gasteiger partial charge in [-0.2, -0.15) is 0 Å². The summed E-state index contributed by atoms with van der Waals surface area (Å²) in [5.74, 6) is -0.0368. The molecule has 1 heterocycles. The zero-order valence-electron chi connectivity index (χ0n) is 14.5. The van der Waals surface area contributed by atoms with Crippen LogP contribution in [-0.2, 0) is 11.2 Å². The highest BCUT2D eigenvalue weighted by molar-refractivity contribution is 6.31. The predicted molar refractivity (Wildman–Crippen MR) is 103 cm³/mol. The molecule has 2 N–H and O–H groups in total. The number of nitrogens with one attached hydrogen (secondary N) is 2. The molecular weight excluding hydrogens is 350 g/mol. The number of halogens is 1. The molecule has 2 aromatic carbocycles. The van der Waals surface area contributed by atoms with Gasteiger partial charge in [0.25, 0.3) is 0 Å². The summed E-state index contributed by atoms with van der Waals surface area (Å²) in [6, 6.07) is 16.8. The largest absolute Gasteiger partial charge is 0.353 e. The average Bonchev–Trinajstić information content (AvgIpc) is 2.65. The van der Waals surface area contributed by atoms with Gasteiger partial charge in [0, 0.05) is 29.8 Å². The summed E-state index contributed by atoms with van der Waals surface area (Å²) < 4.78 is 0. The van der Waals surface area contributed by atoms with Gasteiger partial charge in [0.1, 0.15) is 0 Å². The molecule has 3 amide bonds. The van der Waals surface area contributed by atoms with Crippen LogP contribution in [0.2, 0.25) is 5.02 Å². The topological polar surface area (TPSA) is 61.4 Å². The SMILES string of the molecule is O=C(Cc1ccccc1Cl)NC1CCN(C(=O)Nc2ccccc2)CC1. The summed E-state index contributed by atoms with van der Waals surface area (Å²) in [5.41, 5.74) is 1.61. The Hall–Kier alpha value is -2.53. The molecule has 1 aliphatic heterocycles. The van der Waals surface area contributed by atoms with E-state index in [1.165, 1.54) is 0 Å². The van der Waals surface area contributed by atoms with Crippen molar-refractivity contribution in [3.63, 3.8) is 0 Å². The molecule has 0 atom stereocenters. The number of anilines is 1. The number of para-hydroxylation sites is 1. The summed E-state index contributed by atoms with van der Waals surface area (Å²) in [5, 5.41) is 6.55. The lowest BCUT2D eigenvalue weighted by Crippen LogP contribution is -2.48. The van der Waals surface area contributed by atoms with Crippen LogP contribution in [0.1, 0.15) is 18.4 Å². The molecule has 6 heteroatoms. The Morgan fingerprint density at radius 3 is 2.35 bits per heavy atom. The van der Waals surface area contributed by atoms with Crippen LogP contribution in [0.5, 0.6) is 0 Å². The van der Waals surface area contributed by atoms with Gasteiger partial charge in [-0.05, 0) is 36.6 Å². The van der Waals surface area contributed by atoms with E-state index in [0.717, 1.165) is 24.1 Å². The lowest BCUT2D eigenvalue weighted by Gasteiger charge is -2.32. The minimum Gasteiger partial charge on any atom is -0.353 e. The molecule has 0 radical (unpaired) electrons. The maximum absolute atomic E-state index is 12.3. The Kier molecular flexibility index (Phi) is 6.12. The van der Waals surface area contributed by atoms with E-state index >= 15 is 0 Å². The Bertz CT molecular complexity index is 759. The summed E-state index contributed by atoms with van der Waals surface area (Å²) in [6.07, 6.45) is 1.77. The van der Waals surface area contributed by atoms with Crippen LogP contribution >= 0.6 is 11.6 Å². The first kappa shape index (κ1) is 18.3. The third-order valence-electron chi connectivity index (χ3n) is 4.48. The second-order valence-corrected chi connectivity index (χ2v) is 6.80. The first-order chi connectivity index (χ1) is 12.6. The molecule has 0 aromatic heterocycles. The molecule has 1 saturated heterocycles. The van der Waals surface area contributed by atoms with Gasteiger partial charge in [-0.25, -0.2) is 4.79 Å². The van der Waals surface area contributed by atoms with Crippen LogP contribution in [0.3, 0.4) is 0 Å². The average molecular weight is 372 g/mol. The quantitative estimate of drug-likeness (QED) is 0.860. The first-order valence-corrected chi connectivity index (χ1v) is 9.13. The molecule has 1 fully saturated rings. The molecule has 0 aliphatic carbocycles. The van der Waals surface area contributed by atoms with E-state index in [9.17, 15) is 9.59 Å². The van der Waals surface area contributed by atoms with Crippen molar-refractivity contribution in [3.8, 4) is 0 Å². The number of carbonyl (C=O) groups excluding carboxylic acids is 2.